The maximum absolute atomic E-state index is 12.8. The summed E-state index contributed by atoms with van der Waals surface area (Å²) in [6, 6.07) is 3.66. The van der Waals surface area contributed by atoms with Gasteiger partial charge in [0.2, 0.25) is 0 Å². The molecular weight excluding hydrogens is 211 g/mol. The first kappa shape index (κ1) is 10.9. The van der Waals surface area contributed by atoms with Crippen molar-refractivity contribution in [2.45, 2.75) is 25.0 Å². The number of aliphatic hydroxyl groups excluding tert-OH is 1. The van der Waals surface area contributed by atoms with Gasteiger partial charge in [-0.15, -0.1) is 0 Å². The van der Waals surface area contributed by atoms with Crippen LogP contribution in [0.4, 0.5) is 10.1 Å². The van der Waals surface area contributed by atoms with Crippen molar-refractivity contribution < 1.29 is 14.3 Å². The minimum Gasteiger partial charge on any atom is -0.398 e. The summed E-state index contributed by atoms with van der Waals surface area (Å²) in [5, 5.41) is 11.8. The fraction of sp³-hybridized carbons (Fsp3) is 0.364. The van der Waals surface area contributed by atoms with Crippen LogP contribution in [-0.2, 0) is 0 Å². The summed E-state index contributed by atoms with van der Waals surface area (Å²) in [5.74, 6) is -0.789. The van der Waals surface area contributed by atoms with Crippen molar-refractivity contribution >= 4 is 11.6 Å². The average Bonchev–Trinajstić information content (AvgIpc) is 2.15. The highest BCUT2D eigenvalue weighted by Gasteiger charge is 2.28. The summed E-state index contributed by atoms with van der Waals surface area (Å²) in [4.78, 5) is 11.7. The molecule has 1 aliphatic rings. The number of anilines is 1. The Bertz CT molecular complexity index is 416. The van der Waals surface area contributed by atoms with E-state index in [9.17, 15) is 9.18 Å². The molecule has 0 atom stereocenters. The Kier molecular flexibility index (Phi) is 2.78. The molecule has 1 saturated carbocycles. The lowest BCUT2D eigenvalue weighted by Gasteiger charge is -2.32. The van der Waals surface area contributed by atoms with Gasteiger partial charge in [0.1, 0.15) is 5.82 Å². The lowest BCUT2D eigenvalue weighted by atomic mass is 9.89. The zero-order chi connectivity index (χ0) is 11.7. The van der Waals surface area contributed by atoms with E-state index in [1.165, 1.54) is 12.1 Å². The van der Waals surface area contributed by atoms with E-state index < -0.39 is 5.82 Å². The number of hydrogen-bond acceptors (Lipinski definition) is 3. The van der Waals surface area contributed by atoms with Crippen LogP contribution < -0.4 is 11.1 Å². The fourth-order valence-corrected chi connectivity index (χ4v) is 1.71. The highest BCUT2D eigenvalue weighted by molar-refractivity contribution is 5.99. The molecule has 1 fully saturated rings. The van der Waals surface area contributed by atoms with E-state index in [0.29, 0.717) is 12.8 Å². The second-order valence-electron chi connectivity index (χ2n) is 4.03. The van der Waals surface area contributed by atoms with Crippen molar-refractivity contribution in [2.75, 3.05) is 5.73 Å². The zero-order valence-corrected chi connectivity index (χ0v) is 8.61. The van der Waals surface area contributed by atoms with Crippen molar-refractivity contribution in [3.8, 4) is 0 Å². The fourth-order valence-electron chi connectivity index (χ4n) is 1.71. The Morgan fingerprint density at radius 2 is 2.19 bits per heavy atom. The molecule has 2 rings (SSSR count). The molecule has 0 bridgehead atoms. The van der Waals surface area contributed by atoms with E-state index in [-0.39, 0.29) is 29.3 Å². The molecule has 0 unspecified atom stereocenters. The molecule has 0 aromatic heterocycles. The Labute approximate surface area is 92.3 Å². The lowest BCUT2D eigenvalue weighted by molar-refractivity contribution is 0.0563. The maximum atomic E-state index is 12.8. The molecule has 0 aliphatic heterocycles. The number of benzene rings is 1. The molecule has 0 saturated heterocycles. The largest absolute Gasteiger partial charge is 0.398 e. The molecule has 0 heterocycles. The summed E-state index contributed by atoms with van der Waals surface area (Å²) in [7, 11) is 0. The van der Waals surface area contributed by atoms with Crippen molar-refractivity contribution in [2.24, 2.45) is 0 Å². The molecule has 86 valence electrons. The number of nitrogens with one attached hydrogen (secondary N) is 1. The Hall–Kier alpha value is -1.62. The molecule has 4 nitrogen and oxygen atoms in total. The number of aliphatic hydroxyl groups is 1. The molecule has 0 radical (unpaired) electrons. The molecule has 1 aliphatic carbocycles. The first-order chi connectivity index (χ1) is 7.56. The zero-order valence-electron chi connectivity index (χ0n) is 8.61. The van der Waals surface area contributed by atoms with E-state index in [2.05, 4.69) is 5.32 Å². The average molecular weight is 224 g/mol. The van der Waals surface area contributed by atoms with Crippen LogP contribution in [0.25, 0.3) is 0 Å². The number of carbonyl (C=O) groups is 1. The first-order valence-electron chi connectivity index (χ1n) is 5.10. The van der Waals surface area contributed by atoms with Gasteiger partial charge in [-0.3, -0.25) is 4.79 Å². The maximum Gasteiger partial charge on any atom is 0.253 e. The normalized spacial score (nSPS) is 23.6. The van der Waals surface area contributed by atoms with Gasteiger partial charge in [-0.1, -0.05) is 0 Å². The summed E-state index contributed by atoms with van der Waals surface area (Å²) >= 11 is 0. The van der Waals surface area contributed by atoms with Crippen LogP contribution in [0.1, 0.15) is 23.2 Å². The minimum absolute atomic E-state index is 0.00745. The Balaban J connectivity index is 2.03. The quantitative estimate of drug-likeness (QED) is 0.646. The van der Waals surface area contributed by atoms with Crippen LogP contribution in [-0.4, -0.2) is 23.2 Å². The highest BCUT2D eigenvalue weighted by atomic mass is 19.1. The summed E-state index contributed by atoms with van der Waals surface area (Å²) in [6.07, 6.45) is 0.801. The SMILES string of the molecule is Nc1cc(F)ccc1C(=O)NC1CC(O)C1. The van der Waals surface area contributed by atoms with Gasteiger partial charge in [0.15, 0.2) is 0 Å². The summed E-state index contributed by atoms with van der Waals surface area (Å²) < 4.78 is 12.8. The van der Waals surface area contributed by atoms with Crippen LogP contribution >= 0.6 is 0 Å². The number of nitrogens with two attached hydrogens (primary N) is 1. The number of halogens is 1. The van der Waals surface area contributed by atoms with Gasteiger partial charge in [-0.2, -0.15) is 0 Å². The smallest absolute Gasteiger partial charge is 0.253 e. The molecule has 5 heteroatoms. The predicted octanol–water partition coefficient (Wildman–Crippen LogP) is 0.661. The molecule has 1 aromatic carbocycles. The third kappa shape index (κ3) is 2.14. The van der Waals surface area contributed by atoms with Crippen LogP contribution in [0.15, 0.2) is 18.2 Å². The Morgan fingerprint density at radius 1 is 1.50 bits per heavy atom. The molecule has 0 spiro atoms. The number of amides is 1. The molecule has 1 aromatic rings. The van der Waals surface area contributed by atoms with Gasteiger partial charge in [-0.25, -0.2) is 4.39 Å². The van der Waals surface area contributed by atoms with Crippen LogP contribution in [0.2, 0.25) is 0 Å². The van der Waals surface area contributed by atoms with Crippen molar-refractivity contribution in [3.63, 3.8) is 0 Å². The second-order valence-corrected chi connectivity index (χ2v) is 4.03. The van der Waals surface area contributed by atoms with Gasteiger partial charge in [0, 0.05) is 11.7 Å². The van der Waals surface area contributed by atoms with Crippen molar-refractivity contribution in [1.82, 2.24) is 5.32 Å². The first-order valence-corrected chi connectivity index (χ1v) is 5.10. The molecule has 4 N–H and O–H groups in total. The van der Waals surface area contributed by atoms with E-state index in [1.807, 2.05) is 0 Å². The number of carbonyl (C=O) groups excluding carboxylic acids is 1. The standard InChI is InChI=1S/C11H13FN2O2/c12-6-1-2-9(10(13)3-6)11(16)14-7-4-8(15)5-7/h1-3,7-8,15H,4-5,13H2,(H,14,16). The molecular formula is C11H13FN2O2. The molecule has 16 heavy (non-hydrogen) atoms. The minimum atomic E-state index is -0.465. The topological polar surface area (TPSA) is 75.4 Å². The molecule has 1 amide bonds. The number of rotatable bonds is 2. The summed E-state index contributed by atoms with van der Waals surface area (Å²) in [6.45, 7) is 0. The van der Waals surface area contributed by atoms with E-state index in [4.69, 9.17) is 10.8 Å². The van der Waals surface area contributed by atoms with E-state index >= 15 is 0 Å². The Morgan fingerprint density at radius 3 is 2.75 bits per heavy atom. The lowest BCUT2D eigenvalue weighted by Crippen LogP contribution is -2.46. The van der Waals surface area contributed by atoms with Crippen LogP contribution in [0.3, 0.4) is 0 Å². The monoisotopic (exact) mass is 224 g/mol. The number of nitrogen functional groups attached to an aromatic ring is 1. The third-order valence-electron chi connectivity index (χ3n) is 2.71. The van der Waals surface area contributed by atoms with Gasteiger partial charge in [-0.05, 0) is 31.0 Å². The summed E-state index contributed by atoms with van der Waals surface area (Å²) in [5.41, 5.74) is 5.92. The van der Waals surface area contributed by atoms with Crippen molar-refractivity contribution in [3.05, 3.63) is 29.6 Å². The highest BCUT2D eigenvalue weighted by Crippen LogP contribution is 2.21. The second kappa shape index (κ2) is 4.09. The van der Waals surface area contributed by atoms with Gasteiger partial charge in [0.25, 0.3) is 5.91 Å². The number of hydrogen-bond donors (Lipinski definition) is 3. The third-order valence-corrected chi connectivity index (χ3v) is 2.71. The van der Waals surface area contributed by atoms with E-state index in [0.717, 1.165) is 6.07 Å². The predicted molar refractivity (Wildman–Crippen MR) is 57.3 cm³/mol. The van der Waals surface area contributed by atoms with E-state index in [1.54, 1.807) is 0 Å². The van der Waals surface area contributed by atoms with Crippen LogP contribution in [0, 0.1) is 5.82 Å². The van der Waals surface area contributed by atoms with Crippen LogP contribution in [0.5, 0.6) is 0 Å². The van der Waals surface area contributed by atoms with Gasteiger partial charge < -0.3 is 16.2 Å². The van der Waals surface area contributed by atoms with Crippen molar-refractivity contribution in [1.29, 1.82) is 0 Å². The van der Waals surface area contributed by atoms with Gasteiger partial charge >= 0.3 is 0 Å². The van der Waals surface area contributed by atoms with Gasteiger partial charge in [0.05, 0.1) is 11.7 Å².